The fourth-order valence-electron chi connectivity index (χ4n) is 1.36. The Hall–Kier alpha value is -2.31. The van der Waals surface area contributed by atoms with Crippen molar-refractivity contribution >= 4 is 5.91 Å². The maximum Gasteiger partial charge on any atom is 0.257 e. The fraction of sp³-hybridized carbons (Fsp3) is 0.200. The number of carbonyl (C=O) groups is 1. The topological polar surface area (TPSA) is 74.8 Å². The summed E-state index contributed by atoms with van der Waals surface area (Å²) in [5.41, 5.74) is -0.0120. The van der Waals surface area contributed by atoms with Gasteiger partial charge in [-0.1, -0.05) is 0 Å². The highest BCUT2D eigenvalue weighted by molar-refractivity contribution is 5.94. The molecule has 0 aliphatic heterocycles. The van der Waals surface area contributed by atoms with Crippen molar-refractivity contribution in [3.8, 4) is 0 Å². The lowest BCUT2D eigenvalue weighted by molar-refractivity contribution is 0.0777. The Labute approximate surface area is 96.5 Å². The summed E-state index contributed by atoms with van der Waals surface area (Å²) in [6.45, 7) is 0.237. The SMILES string of the molecule is CN(Cc1ncn[nH]1)C(=O)c1ccncc1F. The van der Waals surface area contributed by atoms with Gasteiger partial charge in [0.25, 0.3) is 5.91 Å². The lowest BCUT2D eigenvalue weighted by Gasteiger charge is -2.15. The number of carbonyl (C=O) groups excluding carboxylic acids is 1. The molecule has 1 N–H and O–H groups in total. The van der Waals surface area contributed by atoms with E-state index in [1.165, 1.54) is 23.5 Å². The second-order valence-electron chi connectivity index (χ2n) is 3.45. The van der Waals surface area contributed by atoms with Crippen LogP contribution in [0.25, 0.3) is 0 Å². The number of halogens is 1. The smallest absolute Gasteiger partial charge is 0.257 e. The first-order valence-electron chi connectivity index (χ1n) is 4.87. The zero-order chi connectivity index (χ0) is 12.3. The normalized spacial score (nSPS) is 10.2. The summed E-state index contributed by atoms with van der Waals surface area (Å²) in [5, 5.41) is 6.29. The Balaban J connectivity index is 2.13. The zero-order valence-electron chi connectivity index (χ0n) is 9.09. The van der Waals surface area contributed by atoms with E-state index in [0.717, 1.165) is 6.20 Å². The highest BCUT2D eigenvalue weighted by Gasteiger charge is 2.16. The van der Waals surface area contributed by atoms with Crippen LogP contribution in [0.3, 0.4) is 0 Å². The molecule has 2 rings (SSSR count). The van der Waals surface area contributed by atoms with Gasteiger partial charge >= 0.3 is 0 Å². The molecule has 2 aromatic heterocycles. The summed E-state index contributed by atoms with van der Waals surface area (Å²) < 4.78 is 13.3. The maximum atomic E-state index is 13.3. The molecular formula is C10H10FN5O. The predicted molar refractivity (Wildman–Crippen MR) is 56.4 cm³/mol. The summed E-state index contributed by atoms with van der Waals surface area (Å²) in [6.07, 6.45) is 3.73. The van der Waals surface area contributed by atoms with Crippen LogP contribution in [-0.4, -0.2) is 38.0 Å². The Morgan fingerprint density at radius 3 is 3.06 bits per heavy atom. The van der Waals surface area contributed by atoms with Crippen molar-refractivity contribution in [1.29, 1.82) is 0 Å². The van der Waals surface area contributed by atoms with E-state index in [4.69, 9.17) is 0 Å². The van der Waals surface area contributed by atoms with Crippen LogP contribution in [0.5, 0.6) is 0 Å². The molecule has 2 aromatic rings. The molecule has 17 heavy (non-hydrogen) atoms. The third kappa shape index (κ3) is 2.44. The minimum absolute atomic E-state index is 0.0120. The minimum Gasteiger partial charge on any atom is -0.334 e. The molecule has 6 nitrogen and oxygen atoms in total. The van der Waals surface area contributed by atoms with E-state index in [0.29, 0.717) is 5.82 Å². The summed E-state index contributed by atoms with van der Waals surface area (Å²) in [7, 11) is 1.56. The van der Waals surface area contributed by atoms with Crippen LogP contribution >= 0.6 is 0 Å². The number of aromatic amines is 1. The summed E-state index contributed by atoms with van der Waals surface area (Å²) >= 11 is 0. The van der Waals surface area contributed by atoms with Gasteiger partial charge in [-0.3, -0.25) is 14.9 Å². The van der Waals surface area contributed by atoms with Crippen LogP contribution in [-0.2, 0) is 6.54 Å². The van der Waals surface area contributed by atoms with E-state index in [1.54, 1.807) is 7.05 Å². The molecule has 0 atom stereocenters. The monoisotopic (exact) mass is 235 g/mol. The van der Waals surface area contributed by atoms with Gasteiger partial charge in [-0.25, -0.2) is 9.37 Å². The van der Waals surface area contributed by atoms with Gasteiger partial charge in [-0.2, -0.15) is 5.10 Å². The summed E-state index contributed by atoms with van der Waals surface area (Å²) in [5.74, 6) is -0.529. The number of rotatable bonds is 3. The highest BCUT2D eigenvalue weighted by atomic mass is 19.1. The molecule has 0 spiro atoms. The van der Waals surface area contributed by atoms with E-state index < -0.39 is 11.7 Å². The first-order valence-corrected chi connectivity index (χ1v) is 4.87. The van der Waals surface area contributed by atoms with Crippen LogP contribution in [0.2, 0.25) is 0 Å². The summed E-state index contributed by atoms with van der Waals surface area (Å²) in [4.78, 5) is 20.7. The van der Waals surface area contributed by atoms with Crippen LogP contribution in [0.1, 0.15) is 16.2 Å². The molecule has 0 radical (unpaired) electrons. The Morgan fingerprint density at radius 2 is 2.41 bits per heavy atom. The molecule has 7 heteroatoms. The Morgan fingerprint density at radius 1 is 1.59 bits per heavy atom. The predicted octanol–water partition coefficient (Wildman–Crippen LogP) is 0.611. The van der Waals surface area contributed by atoms with Crippen LogP contribution in [0.4, 0.5) is 4.39 Å². The largest absolute Gasteiger partial charge is 0.334 e. The molecule has 0 saturated carbocycles. The molecule has 0 bridgehead atoms. The van der Waals surface area contributed by atoms with Crippen molar-refractivity contribution in [2.75, 3.05) is 7.05 Å². The third-order valence-corrected chi connectivity index (χ3v) is 2.20. The Kier molecular flexibility index (Phi) is 3.08. The van der Waals surface area contributed by atoms with E-state index >= 15 is 0 Å². The first-order chi connectivity index (χ1) is 8.18. The zero-order valence-corrected chi connectivity index (χ0v) is 9.09. The second kappa shape index (κ2) is 4.69. The van der Waals surface area contributed by atoms with E-state index in [2.05, 4.69) is 20.2 Å². The molecular weight excluding hydrogens is 225 g/mol. The van der Waals surface area contributed by atoms with Gasteiger partial charge in [0.2, 0.25) is 0 Å². The van der Waals surface area contributed by atoms with Gasteiger partial charge in [0.05, 0.1) is 18.3 Å². The molecule has 0 unspecified atom stereocenters. The van der Waals surface area contributed by atoms with Crippen molar-refractivity contribution < 1.29 is 9.18 Å². The van der Waals surface area contributed by atoms with Crippen molar-refractivity contribution in [1.82, 2.24) is 25.1 Å². The molecule has 88 valence electrons. The van der Waals surface area contributed by atoms with Crippen molar-refractivity contribution in [2.24, 2.45) is 0 Å². The van der Waals surface area contributed by atoms with Gasteiger partial charge in [0.15, 0.2) is 5.82 Å². The highest BCUT2D eigenvalue weighted by Crippen LogP contribution is 2.08. The number of nitrogens with zero attached hydrogens (tertiary/aromatic N) is 4. The van der Waals surface area contributed by atoms with Crippen LogP contribution in [0, 0.1) is 5.82 Å². The van der Waals surface area contributed by atoms with Gasteiger partial charge in [-0.15, -0.1) is 0 Å². The molecule has 0 aliphatic carbocycles. The van der Waals surface area contributed by atoms with E-state index in [-0.39, 0.29) is 12.1 Å². The molecule has 1 amide bonds. The van der Waals surface area contributed by atoms with Crippen molar-refractivity contribution in [3.05, 3.63) is 42.0 Å². The lowest BCUT2D eigenvalue weighted by atomic mass is 10.2. The maximum absolute atomic E-state index is 13.3. The number of amides is 1. The molecule has 0 aliphatic rings. The standard InChI is InChI=1S/C10H10FN5O/c1-16(5-9-13-6-14-15-9)10(17)7-2-3-12-4-8(7)11/h2-4,6H,5H2,1H3,(H,13,14,15). The number of hydrogen-bond acceptors (Lipinski definition) is 4. The average Bonchev–Trinajstić information content (AvgIpc) is 2.81. The molecule has 0 aromatic carbocycles. The number of aromatic nitrogens is 4. The van der Waals surface area contributed by atoms with Crippen molar-refractivity contribution in [2.45, 2.75) is 6.54 Å². The van der Waals surface area contributed by atoms with Crippen LogP contribution in [0.15, 0.2) is 24.8 Å². The average molecular weight is 235 g/mol. The van der Waals surface area contributed by atoms with Gasteiger partial charge in [0, 0.05) is 13.2 Å². The molecule has 2 heterocycles. The fourth-order valence-corrected chi connectivity index (χ4v) is 1.36. The molecule has 0 saturated heterocycles. The van der Waals surface area contributed by atoms with Crippen LogP contribution < -0.4 is 0 Å². The number of nitrogens with one attached hydrogen (secondary N) is 1. The quantitative estimate of drug-likeness (QED) is 0.845. The number of hydrogen-bond donors (Lipinski definition) is 1. The number of H-pyrrole nitrogens is 1. The first kappa shape index (κ1) is 11.2. The van der Waals surface area contributed by atoms with Gasteiger partial charge in [-0.05, 0) is 6.07 Å². The minimum atomic E-state index is -0.637. The van der Waals surface area contributed by atoms with Gasteiger partial charge < -0.3 is 4.90 Å². The van der Waals surface area contributed by atoms with Crippen molar-refractivity contribution in [3.63, 3.8) is 0 Å². The summed E-state index contributed by atoms with van der Waals surface area (Å²) in [6, 6.07) is 1.34. The lowest BCUT2D eigenvalue weighted by Crippen LogP contribution is -2.27. The number of pyridine rings is 1. The van der Waals surface area contributed by atoms with E-state index in [1.807, 2.05) is 0 Å². The van der Waals surface area contributed by atoms with E-state index in [9.17, 15) is 9.18 Å². The molecule has 0 fully saturated rings. The second-order valence-corrected chi connectivity index (χ2v) is 3.45. The van der Waals surface area contributed by atoms with Gasteiger partial charge in [0.1, 0.15) is 12.2 Å². The third-order valence-electron chi connectivity index (χ3n) is 2.20. The Bertz CT molecular complexity index is 513.